The van der Waals surface area contributed by atoms with E-state index >= 15 is 0 Å². The lowest BCUT2D eigenvalue weighted by atomic mass is 9.78. The maximum absolute atomic E-state index is 12.2. The summed E-state index contributed by atoms with van der Waals surface area (Å²) in [5, 5.41) is 2.90. The topological polar surface area (TPSA) is 38.3 Å². The molecule has 3 aromatic rings. The fraction of sp³-hybridized carbons (Fsp3) is 0.208. The maximum Gasteiger partial charge on any atom is 0.262 e. The minimum atomic E-state index is -0.169. The highest BCUT2D eigenvalue weighted by Gasteiger charge is 2.22. The Morgan fingerprint density at radius 2 is 1.61 bits per heavy atom. The molecule has 0 fully saturated rings. The van der Waals surface area contributed by atoms with Crippen LogP contribution in [-0.4, -0.2) is 12.5 Å². The summed E-state index contributed by atoms with van der Waals surface area (Å²) >= 11 is 2.25. The molecule has 1 N–H and O–H groups in total. The zero-order valence-electron chi connectivity index (χ0n) is 16.3. The van der Waals surface area contributed by atoms with E-state index in [0.29, 0.717) is 5.75 Å². The van der Waals surface area contributed by atoms with Crippen LogP contribution in [0.15, 0.2) is 72.8 Å². The molecule has 0 spiro atoms. The van der Waals surface area contributed by atoms with E-state index in [2.05, 4.69) is 78.2 Å². The van der Waals surface area contributed by atoms with E-state index < -0.39 is 0 Å². The first-order chi connectivity index (χ1) is 13.4. The normalized spacial score (nSPS) is 11.1. The summed E-state index contributed by atoms with van der Waals surface area (Å²) in [4.78, 5) is 12.2. The van der Waals surface area contributed by atoms with Crippen LogP contribution in [0.1, 0.15) is 30.5 Å². The molecule has 4 heteroatoms. The Morgan fingerprint density at radius 3 is 2.25 bits per heavy atom. The number of ether oxygens (including phenoxy) is 1. The molecular formula is C24H24INO2. The van der Waals surface area contributed by atoms with Crippen molar-refractivity contribution in [2.24, 2.45) is 0 Å². The average molecular weight is 485 g/mol. The number of rotatable bonds is 6. The fourth-order valence-corrected chi connectivity index (χ4v) is 3.74. The molecule has 3 rings (SSSR count). The van der Waals surface area contributed by atoms with Gasteiger partial charge in [-0.3, -0.25) is 4.79 Å². The molecule has 0 heterocycles. The minimum Gasteiger partial charge on any atom is -0.484 e. The number of amides is 1. The molecule has 0 aliphatic rings. The Labute approximate surface area is 180 Å². The van der Waals surface area contributed by atoms with E-state index in [9.17, 15) is 4.79 Å². The van der Waals surface area contributed by atoms with Crippen molar-refractivity contribution in [1.82, 2.24) is 0 Å². The van der Waals surface area contributed by atoms with E-state index in [1.54, 1.807) is 0 Å². The van der Waals surface area contributed by atoms with Gasteiger partial charge in [-0.05, 0) is 76.5 Å². The summed E-state index contributed by atoms with van der Waals surface area (Å²) in [6, 6.07) is 24.3. The lowest BCUT2D eigenvalue weighted by Gasteiger charge is -2.26. The van der Waals surface area contributed by atoms with Crippen molar-refractivity contribution >= 4 is 34.2 Å². The van der Waals surface area contributed by atoms with Crippen molar-refractivity contribution in [1.29, 1.82) is 0 Å². The Morgan fingerprint density at radius 1 is 0.964 bits per heavy atom. The smallest absolute Gasteiger partial charge is 0.262 e. The SMILES string of the molecule is Cc1cc(I)ccc1NC(=O)COc1ccc(C(C)(C)c2ccccc2)cc1. The van der Waals surface area contributed by atoms with Gasteiger partial charge in [0.05, 0.1) is 0 Å². The van der Waals surface area contributed by atoms with Crippen molar-refractivity contribution < 1.29 is 9.53 Å². The first-order valence-electron chi connectivity index (χ1n) is 9.21. The summed E-state index contributed by atoms with van der Waals surface area (Å²) in [6.45, 7) is 6.36. The molecule has 144 valence electrons. The summed E-state index contributed by atoms with van der Waals surface area (Å²) in [5.74, 6) is 0.514. The quantitative estimate of drug-likeness (QED) is 0.439. The first kappa shape index (κ1) is 20.4. The van der Waals surface area contributed by atoms with Crippen molar-refractivity contribution in [3.8, 4) is 5.75 Å². The van der Waals surface area contributed by atoms with Gasteiger partial charge in [0.2, 0.25) is 0 Å². The molecule has 0 unspecified atom stereocenters. The molecule has 0 radical (unpaired) electrons. The molecule has 28 heavy (non-hydrogen) atoms. The number of benzene rings is 3. The van der Waals surface area contributed by atoms with Gasteiger partial charge in [-0.1, -0.05) is 56.3 Å². The number of anilines is 1. The van der Waals surface area contributed by atoms with Crippen LogP contribution in [0.4, 0.5) is 5.69 Å². The molecule has 0 aliphatic heterocycles. The van der Waals surface area contributed by atoms with Gasteiger partial charge in [0.15, 0.2) is 6.61 Å². The lowest BCUT2D eigenvalue weighted by molar-refractivity contribution is -0.118. The van der Waals surface area contributed by atoms with Gasteiger partial charge in [0.25, 0.3) is 5.91 Å². The molecule has 0 aromatic heterocycles. The highest BCUT2D eigenvalue weighted by Crippen LogP contribution is 2.32. The number of halogens is 1. The van der Waals surface area contributed by atoms with Crippen molar-refractivity contribution in [3.63, 3.8) is 0 Å². The molecule has 1 amide bonds. The number of carbonyl (C=O) groups is 1. The molecule has 0 aliphatic carbocycles. The molecule has 0 saturated heterocycles. The number of hydrogen-bond acceptors (Lipinski definition) is 2. The summed E-state index contributed by atoms with van der Waals surface area (Å²) in [5.41, 5.74) is 4.21. The monoisotopic (exact) mass is 485 g/mol. The van der Waals surface area contributed by atoms with Gasteiger partial charge < -0.3 is 10.1 Å². The Kier molecular flexibility index (Phi) is 6.39. The van der Waals surface area contributed by atoms with Gasteiger partial charge in [-0.25, -0.2) is 0 Å². The number of carbonyl (C=O) groups excluding carboxylic acids is 1. The van der Waals surface area contributed by atoms with Crippen LogP contribution in [-0.2, 0) is 10.2 Å². The second-order valence-electron chi connectivity index (χ2n) is 7.31. The zero-order chi connectivity index (χ0) is 20.1. The maximum atomic E-state index is 12.2. The van der Waals surface area contributed by atoms with Crippen LogP contribution in [0.5, 0.6) is 5.75 Å². The average Bonchev–Trinajstić information content (AvgIpc) is 2.69. The number of nitrogens with one attached hydrogen (secondary N) is 1. The van der Waals surface area contributed by atoms with Crippen molar-refractivity contribution in [2.75, 3.05) is 11.9 Å². The Hall–Kier alpha value is -2.34. The summed E-state index contributed by atoms with van der Waals surface area (Å²) in [6.07, 6.45) is 0. The number of hydrogen-bond donors (Lipinski definition) is 1. The van der Waals surface area contributed by atoms with E-state index in [4.69, 9.17) is 4.74 Å². The van der Waals surface area contributed by atoms with Gasteiger partial charge in [0, 0.05) is 14.7 Å². The Balaban J connectivity index is 1.61. The molecule has 0 saturated carbocycles. The second-order valence-corrected chi connectivity index (χ2v) is 8.56. The third kappa shape index (κ3) is 4.93. The van der Waals surface area contributed by atoms with Crippen LogP contribution >= 0.6 is 22.6 Å². The highest BCUT2D eigenvalue weighted by molar-refractivity contribution is 14.1. The third-order valence-electron chi connectivity index (χ3n) is 4.90. The fourth-order valence-electron chi connectivity index (χ4n) is 3.09. The molecule has 0 bridgehead atoms. The largest absolute Gasteiger partial charge is 0.484 e. The predicted octanol–water partition coefficient (Wildman–Crippen LogP) is 5.94. The molecule has 3 aromatic carbocycles. The van der Waals surface area contributed by atoms with Crippen molar-refractivity contribution in [2.45, 2.75) is 26.2 Å². The van der Waals surface area contributed by atoms with Crippen LogP contribution in [0.3, 0.4) is 0 Å². The van der Waals surface area contributed by atoms with E-state index in [0.717, 1.165) is 14.8 Å². The third-order valence-corrected chi connectivity index (χ3v) is 5.57. The van der Waals surface area contributed by atoms with E-state index in [-0.39, 0.29) is 17.9 Å². The molecule has 3 nitrogen and oxygen atoms in total. The lowest BCUT2D eigenvalue weighted by Crippen LogP contribution is -2.21. The van der Waals surface area contributed by atoms with Gasteiger partial charge >= 0.3 is 0 Å². The predicted molar refractivity (Wildman–Crippen MR) is 123 cm³/mol. The zero-order valence-corrected chi connectivity index (χ0v) is 18.5. The van der Waals surface area contributed by atoms with Crippen LogP contribution < -0.4 is 10.1 Å². The summed E-state index contributed by atoms with van der Waals surface area (Å²) in [7, 11) is 0. The van der Waals surface area contributed by atoms with Crippen LogP contribution in [0, 0.1) is 10.5 Å². The van der Waals surface area contributed by atoms with Gasteiger partial charge in [-0.15, -0.1) is 0 Å². The van der Waals surface area contributed by atoms with Crippen molar-refractivity contribution in [3.05, 3.63) is 93.1 Å². The minimum absolute atomic E-state index is 0.0210. The van der Waals surface area contributed by atoms with Gasteiger partial charge in [-0.2, -0.15) is 0 Å². The molecular weight excluding hydrogens is 461 g/mol. The molecule has 0 atom stereocenters. The summed E-state index contributed by atoms with van der Waals surface area (Å²) < 4.78 is 6.80. The highest BCUT2D eigenvalue weighted by atomic mass is 127. The first-order valence-corrected chi connectivity index (χ1v) is 10.3. The second kappa shape index (κ2) is 8.78. The number of aryl methyl sites for hydroxylation is 1. The van der Waals surface area contributed by atoms with Gasteiger partial charge in [0.1, 0.15) is 5.75 Å². The van der Waals surface area contributed by atoms with Crippen LogP contribution in [0.25, 0.3) is 0 Å². The van der Waals surface area contributed by atoms with E-state index in [1.165, 1.54) is 11.1 Å². The Bertz CT molecular complexity index is 950. The van der Waals surface area contributed by atoms with Crippen LogP contribution in [0.2, 0.25) is 0 Å². The standard InChI is InChI=1S/C24H24INO2/c1-17-15-20(25)11-14-22(17)26-23(27)16-28-21-12-9-19(10-13-21)24(2,3)18-7-5-4-6-8-18/h4-15H,16H2,1-3H3,(H,26,27). The van der Waals surface area contributed by atoms with E-state index in [1.807, 2.05) is 43.3 Å².